The van der Waals surface area contributed by atoms with Crippen LogP contribution in [0.3, 0.4) is 0 Å². The molecule has 1 aliphatic heterocycles. The van der Waals surface area contributed by atoms with E-state index in [0.717, 1.165) is 25.7 Å². The van der Waals surface area contributed by atoms with E-state index in [0.29, 0.717) is 0 Å². The second-order valence-electron chi connectivity index (χ2n) is 14.3. The standard InChI is InChI=1S/C31H64O3Si2/c1-11-13-15-17-18-19-21-23-25-31(35(6,7)8)28(33-29(31)32)26-27(24-22-20-16-14-12-2)34-36(9,10)30(3,4)5/h27-28H,11-26H2,1-10H3/t27-,28+,31-/m1/s1. The van der Waals surface area contributed by atoms with Crippen molar-refractivity contribution >= 4 is 22.4 Å². The van der Waals surface area contributed by atoms with Crippen LogP contribution in [0.1, 0.15) is 137 Å². The molecule has 214 valence electrons. The van der Waals surface area contributed by atoms with Crippen molar-refractivity contribution in [2.75, 3.05) is 0 Å². The summed E-state index contributed by atoms with van der Waals surface area (Å²) in [6.07, 6.45) is 20.2. The zero-order valence-corrected chi connectivity index (χ0v) is 28.2. The van der Waals surface area contributed by atoms with E-state index >= 15 is 0 Å². The van der Waals surface area contributed by atoms with E-state index in [-0.39, 0.29) is 28.3 Å². The minimum atomic E-state index is -1.89. The normalized spacial score (nSPS) is 21.8. The Balaban J connectivity index is 2.87. The van der Waals surface area contributed by atoms with Gasteiger partial charge in [0.15, 0.2) is 8.32 Å². The molecule has 0 radical (unpaired) electrons. The van der Waals surface area contributed by atoms with Gasteiger partial charge in [-0.3, -0.25) is 4.79 Å². The minimum Gasteiger partial charge on any atom is -0.461 e. The Labute approximate surface area is 228 Å². The summed E-state index contributed by atoms with van der Waals surface area (Å²) in [6.45, 7) is 23.4. The van der Waals surface area contributed by atoms with Crippen molar-refractivity contribution in [3.05, 3.63) is 0 Å². The smallest absolute Gasteiger partial charge is 0.313 e. The van der Waals surface area contributed by atoms with Gasteiger partial charge in [-0.1, -0.05) is 138 Å². The molecule has 1 saturated heterocycles. The van der Waals surface area contributed by atoms with E-state index < -0.39 is 16.4 Å². The topological polar surface area (TPSA) is 35.5 Å². The molecule has 0 N–H and O–H groups in total. The van der Waals surface area contributed by atoms with Gasteiger partial charge in [-0.05, 0) is 31.0 Å². The van der Waals surface area contributed by atoms with E-state index in [1.165, 1.54) is 77.0 Å². The summed E-state index contributed by atoms with van der Waals surface area (Å²) in [7, 11) is -3.65. The molecular formula is C31H64O3Si2. The Bertz CT molecular complexity index is 620. The summed E-state index contributed by atoms with van der Waals surface area (Å²) >= 11 is 0. The largest absolute Gasteiger partial charge is 0.461 e. The number of esters is 1. The summed E-state index contributed by atoms with van der Waals surface area (Å²) in [6, 6.07) is 0. The number of carbonyl (C=O) groups is 1. The number of cyclic esters (lactones) is 1. The first-order valence-corrected chi connectivity index (χ1v) is 22.0. The maximum atomic E-state index is 13.2. The lowest BCUT2D eigenvalue weighted by atomic mass is 9.85. The minimum absolute atomic E-state index is 0.0478. The van der Waals surface area contributed by atoms with Crippen molar-refractivity contribution in [2.24, 2.45) is 0 Å². The summed E-state index contributed by atoms with van der Waals surface area (Å²) in [5.74, 6) is 0.101. The van der Waals surface area contributed by atoms with Gasteiger partial charge in [0.25, 0.3) is 0 Å². The number of hydrogen-bond acceptors (Lipinski definition) is 3. The van der Waals surface area contributed by atoms with Crippen molar-refractivity contribution in [3.8, 4) is 0 Å². The molecule has 0 saturated carbocycles. The quantitative estimate of drug-likeness (QED) is 0.0875. The molecule has 0 aliphatic carbocycles. The highest BCUT2D eigenvalue weighted by Gasteiger charge is 2.64. The molecule has 0 aromatic carbocycles. The van der Waals surface area contributed by atoms with Gasteiger partial charge in [0.2, 0.25) is 0 Å². The zero-order valence-electron chi connectivity index (χ0n) is 26.2. The number of hydrogen-bond donors (Lipinski definition) is 0. The Morgan fingerprint density at radius 2 is 1.28 bits per heavy atom. The highest BCUT2D eigenvalue weighted by atomic mass is 28.4. The van der Waals surface area contributed by atoms with Crippen LogP contribution in [0.5, 0.6) is 0 Å². The van der Waals surface area contributed by atoms with Crippen LogP contribution < -0.4 is 0 Å². The average Bonchev–Trinajstić information content (AvgIpc) is 2.75. The summed E-state index contributed by atoms with van der Waals surface area (Å²) in [4.78, 5) is 13.2. The SMILES string of the molecule is CCCCCCCCCC[C@]1([Si](C)(C)C)C(=O)O[C@H]1C[C@@H](CCCCCCC)O[Si](C)(C)C(C)(C)C. The van der Waals surface area contributed by atoms with Crippen LogP contribution in [0, 0.1) is 0 Å². The Morgan fingerprint density at radius 3 is 1.72 bits per heavy atom. The summed E-state index contributed by atoms with van der Waals surface area (Å²) < 4.78 is 13.0. The zero-order chi connectivity index (χ0) is 27.5. The predicted molar refractivity (Wildman–Crippen MR) is 163 cm³/mol. The molecule has 5 heteroatoms. The van der Waals surface area contributed by atoms with Gasteiger partial charge < -0.3 is 9.16 Å². The molecule has 0 bridgehead atoms. The van der Waals surface area contributed by atoms with Crippen LogP contribution in [0.15, 0.2) is 0 Å². The maximum Gasteiger partial charge on any atom is 0.313 e. The number of ether oxygens (including phenoxy) is 1. The Hall–Kier alpha value is -0.136. The number of unbranched alkanes of at least 4 members (excludes halogenated alkanes) is 11. The van der Waals surface area contributed by atoms with Crippen molar-refractivity contribution in [1.29, 1.82) is 0 Å². The predicted octanol–water partition coefficient (Wildman–Crippen LogP) is 10.7. The fraction of sp³-hybridized carbons (Fsp3) is 0.968. The van der Waals surface area contributed by atoms with Crippen LogP contribution in [0.25, 0.3) is 0 Å². The van der Waals surface area contributed by atoms with Gasteiger partial charge in [-0.15, -0.1) is 0 Å². The van der Waals surface area contributed by atoms with Crippen molar-refractivity contribution in [2.45, 2.75) is 192 Å². The molecule has 1 aliphatic rings. The fourth-order valence-corrected chi connectivity index (χ4v) is 9.80. The number of carbonyl (C=O) groups excluding carboxylic acids is 1. The van der Waals surface area contributed by atoms with Crippen molar-refractivity contribution < 1.29 is 14.0 Å². The second kappa shape index (κ2) is 15.5. The first-order valence-electron chi connectivity index (χ1n) is 15.6. The molecule has 0 amide bonds. The first kappa shape index (κ1) is 33.9. The molecular weight excluding hydrogens is 477 g/mol. The summed E-state index contributed by atoms with van der Waals surface area (Å²) in [5, 5.41) is -0.0385. The van der Waals surface area contributed by atoms with Gasteiger partial charge in [0, 0.05) is 12.5 Å². The first-order chi connectivity index (χ1) is 16.7. The number of rotatable bonds is 20. The highest BCUT2D eigenvalue weighted by Crippen LogP contribution is 2.57. The van der Waals surface area contributed by atoms with Gasteiger partial charge >= 0.3 is 5.97 Å². The van der Waals surface area contributed by atoms with E-state index in [9.17, 15) is 4.79 Å². The molecule has 3 nitrogen and oxygen atoms in total. The van der Waals surface area contributed by atoms with E-state index in [4.69, 9.17) is 9.16 Å². The fourth-order valence-electron chi connectivity index (χ4n) is 5.66. The Kier molecular flexibility index (Phi) is 14.5. The van der Waals surface area contributed by atoms with Gasteiger partial charge in [0.1, 0.15) is 6.10 Å². The average molecular weight is 541 g/mol. The maximum absolute atomic E-state index is 13.2. The molecule has 1 fully saturated rings. The van der Waals surface area contributed by atoms with Gasteiger partial charge in [-0.2, -0.15) is 0 Å². The van der Waals surface area contributed by atoms with E-state index in [1.807, 2.05) is 0 Å². The van der Waals surface area contributed by atoms with Crippen molar-refractivity contribution in [3.63, 3.8) is 0 Å². The van der Waals surface area contributed by atoms with E-state index in [1.54, 1.807) is 0 Å². The lowest BCUT2D eigenvalue weighted by Gasteiger charge is -2.55. The van der Waals surface area contributed by atoms with Crippen LogP contribution in [0.2, 0.25) is 42.8 Å². The highest BCUT2D eigenvalue weighted by molar-refractivity contribution is 6.83. The van der Waals surface area contributed by atoms with E-state index in [2.05, 4.69) is 67.4 Å². The summed E-state index contributed by atoms with van der Waals surface area (Å²) in [5.41, 5.74) is 0. The monoisotopic (exact) mass is 540 g/mol. The molecule has 36 heavy (non-hydrogen) atoms. The molecule has 0 aromatic rings. The van der Waals surface area contributed by atoms with Crippen LogP contribution >= 0.6 is 0 Å². The molecule has 1 heterocycles. The molecule has 0 unspecified atom stereocenters. The van der Waals surface area contributed by atoms with Crippen molar-refractivity contribution in [1.82, 2.24) is 0 Å². The lowest BCUT2D eigenvalue weighted by Crippen LogP contribution is -2.63. The third-order valence-corrected chi connectivity index (χ3v) is 17.3. The molecule has 3 atom stereocenters. The third-order valence-electron chi connectivity index (χ3n) is 9.30. The van der Waals surface area contributed by atoms with Crippen LogP contribution in [0.4, 0.5) is 0 Å². The molecule has 1 rings (SSSR count). The molecule has 0 aromatic heterocycles. The second-order valence-corrected chi connectivity index (χ2v) is 24.4. The Morgan fingerprint density at radius 1 is 0.806 bits per heavy atom. The third kappa shape index (κ3) is 9.87. The van der Waals surface area contributed by atoms with Gasteiger partial charge in [0.05, 0.1) is 13.1 Å². The molecule has 0 spiro atoms. The van der Waals surface area contributed by atoms with Crippen LogP contribution in [-0.4, -0.2) is 34.6 Å². The van der Waals surface area contributed by atoms with Gasteiger partial charge in [-0.25, -0.2) is 0 Å². The van der Waals surface area contributed by atoms with Crippen LogP contribution in [-0.2, 0) is 14.0 Å². The lowest BCUT2D eigenvalue weighted by molar-refractivity contribution is -0.186.